The van der Waals surface area contributed by atoms with E-state index in [-0.39, 0.29) is 5.97 Å². The maximum atomic E-state index is 10.9. The summed E-state index contributed by atoms with van der Waals surface area (Å²) < 4.78 is 10.8. The third-order valence-corrected chi connectivity index (χ3v) is 2.78. The van der Waals surface area contributed by atoms with Crippen molar-refractivity contribution < 1.29 is 14.3 Å². The van der Waals surface area contributed by atoms with Crippen molar-refractivity contribution in [3.63, 3.8) is 0 Å². The fraction of sp³-hybridized carbons (Fsp3) is 0.417. The molecule has 0 radical (unpaired) electrons. The maximum Gasteiger partial charge on any atom is 0.306 e. The Bertz CT molecular complexity index is 382. The second-order valence-corrected chi connectivity index (χ2v) is 4.37. The summed E-state index contributed by atoms with van der Waals surface area (Å²) in [7, 11) is 3.03. The Morgan fingerprint density at radius 1 is 1.41 bits per heavy atom. The quantitative estimate of drug-likeness (QED) is 0.646. The van der Waals surface area contributed by atoms with E-state index in [9.17, 15) is 4.79 Å². The lowest BCUT2D eigenvalue weighted by atomic mass is 10.2. The van der Waals surface area contributed by atoms with E-state index in [0.29, 0.717) is 19.5 Å². The number of hydrogen-bond donors (Lipinski definition) is 1. The van der Waals surface area contributed by atoms with Gasteiger partial charge in [-0.1, -0.05) is 15.9 Å². The standard InChI is InChI=1S/C12H16BrNO3/c1-16-11-4-3-10(13)7-9(11)8-14-6-5-12(15)17-2/h3-4,7,14H,5-6,8H2,1-2H3. The summed E-state index contributed by atoms with van der Waals surface area (Å²) in [6.45, 7) is 1.24. The summed E-state index contributed by atoms with van der Waals surface area (Å²) in [5.74, 6) is 0.623. The van der Waals surface area contributed by atoms with Crippen molar-refractivity contribution in [3.05, 3.63) is 28.2 Å². The number of carbonyl (C=O) groups is 1. The molecule has 1 aromatic carbocycles. The van der Waals surface area contributed by atoms with Gasteiger partial charge in [0, 0.05) is 23.1 Å². The Balaban J connectivity index is 2.45. The van der Waals surface area contributed by atoms with Crippen LogP contribution in [0, 0.1) is 0 Å². The molecule has 94 valence electrons. The third kappa shape index (κ3) is 4.75. The molecule has 0 aliphatic carbocycles. The van der Waals surface area contributed by atoms with Crippen molar-refractivity contribution in [2.75, 3.05) is 20.8 Å². The monoisotopic (exact) mass is 301 g/mol. The molecular weight excluding hydrogens is 286 g/mol. The third-order valence-electron chi connectivity index (χ3n) is 2.29. The normalized spacial score (nSPS) is 10.1. The van der Waals surface area contributed by atoms with Crippen LogP contribution in [0.1, 0.15) is 12.0 Å². The van der Waals surface area contributed by atoms with Crippen LogP contribution in [0.3, 0.4) is 0 Å². The molecule has 5 heteroatoms. The van der Waals surface area contributed by atoms with E-state index in [1.807, 2.05) is 18.2 Å². The first-order valence-electron chi connectivity index (χ1n) is 5.27. The predicted molar refractivity (Wildman–Crippen MR) is 69.0 cm³/mol. The second kappa shape index (κ2) is 7.29. The van der Waals surface area contributed by atoms with Crippen LogP contribution in [0.4, 0.5) is 0 Å². The Labute approximate surface area is 109 Å². The second-order valence-electron chi connectivity index (χ2n) is 3.46. The Hall–Kier alpha value is -1.07. The fourth-order valence-electron chi connectivity index (χ4n) is 1.40. The molecule has 0 saturated carbocycles. The van der Waals surface area contributed by atoms with Gasteiger partial charge in [0.05, 0.1) is 20.6 Å². The summed E-state index contributed by atoms with van der Waals surface area (Å²) in [5, 5.41) is 3.17. The smallest absolute Gasteiger partial charge is 0.306 e. The number of halogens is 1. The van der Waals surface area contributed by atoms with Gasteiger partial charge < -0.3 is 14.8 Å². The first-order chi connectivity index (χ1) is 8.17. The number of nitrogens with one attached hydrogen (secondary N) is 1. The molecule has 1 aromatic rings. The van der Waals surface area contributed by atoms with Crippen LogP contribution in [0.2, 0.25) is 0 Å². The van der Waals surface area contributed by atoms with Crippen LogP contribution < -0.4 is 10.1 Å². The van der Waals surface area contributed by atoms with Gasteiger partial charge in [0.1, 0.15) is 5.75 Å². The van der Waals surface area contributed by atoms with Gasteiger partial charge in [-0.15, -0.1) is 0 Å². The Kier molecular flexibility index (Phi) is 6.00. The number of methoxy groups -OCH3 is 2. The molecule has 0 aliphatic rings. The van der Waals surface area contributed by atoms with Crippen LogP contribution >= 0.6 is 15.9 Å². The van der Waals surface area contributed by atoms with Gasteiger partial charge in [0.25, 0.3) is 0 Å². The van der Waals surface area contributed by atoms with Gasteiger partial charge in [-0.2, -0.15) is 0 Å². The first kappa shape index (κ1) is 14.0. The van der Waals surface area contributed by atoms with Gasteiger partial charge in [0.15, 0.2) is 0 Å². The number of hydrogen-bond acceptors (Lipinski definition) is 4. The van der Waals surface area contributed by atoms with E-state index in [0.717, 1.165) is 15.8 Å². The molecule has 0 bridgehead atoms. The van der Waals surface area contributed by atoms with Gasteiger partial charge in [-0.3, -0.25) is 4.79 Å². The minimum atomic E-state index is -0.210. The Morgan fingerprint density at radius 3 is 2.82 bits per heavy atom. The van der Waals surface area contributed by atoms with Crippen LogP contribution in [-0.2, 0) is 16.1 Å². The average Bonchev–Trinajstić information content (AvgIpc) is 2.34. The number of ether oxygens (including phenoxy) is 2. The van der Waals surface area contributed by atoms with E-state index in [4.69, 9.17) is 4.74 Å². The fourth-order valence-corrected chi connectivity index (χ4v) is 1.81. The zero-order valence-electron chi connectivity index (χ0n) is 9.96. The summed E-state index contributed by atoms with van der Waals surface area (Å²) in [5.41, 5.74) is 1.05. The highest BCUT2D eigenvalue weighted by molar-refractivity contribution is 9.10. The van der Waals surface area contributed by atoms with Crippen molar-refractivity contribution in [1.82, 2.24) is 5.32 Å². The van der Waals surface area contributed by atoms with Gasteiger partial charge in [-0.25, -0.2) is 0 Å². The molecule has 1 rings (SSSR count). The van der Waals surface area contributed by atoms with Crippen LogP contribution in [0.5, 0.6) is 5.75 Å². The van der Waals surface area contributed by atoms with Gasteiger partial charge >= 0.3 is 5.97 Å². The minimum Gasteiger partial charge on any atom is -0.496 e. The van der Waals surface area contributed by atoms with E-state index in [1.54, 1.807) is 7.11 Å². The molecule has 0 amide bonds. The lowest BCUT2D eigenvalue weighted by molar-refractivity contribution is -0.140. The molecule has 0 unspecified atom stereocenters. The zero-order valence-corrected chi connectivity index (χ0v) is 11.5. The molecule has 0 saturated heterocycles. The number of carbonyl (C=O) groups excluding carboxylic acids is 1. The lowest BCUT2D eigenvalue weighted by Crippen LogP contribution is -2.18. The number of benzene rings is 1. The van der Waals surface area contributed by atoms with Crippen molar-refractivity contribution in [1.29, 1.82) is 0 Å². The predicted octanol–water partition coefficient (Wildman–Crippen LogP) is 2.11. The lowest BCUT2D eigenvalue weighted by Gasteiger charge is -2.09. The minimum absolute atomic E-state index is 0.210. The van der Waals surface area contributed by atoms with Gasteiger partial charge in [0.2, 0.25) is 0 Å². The highest BCUT2D eigenvalue weighted by Crippen LogP contribution is 2.22. The highest BCUT2D eigenvalue weighted by atomic mass is 79.9. The van der Waals surface area contributed by atoms with E-state index >= 15 is 0 Å². The molecule has 0 fully saturated rings. The van der Waals surface area contributed by atoms with Crippen LogP contribution in [-0.4, -0.2) is 26.7 Å². The molecule has 0 aliphatic heterocycles. The molecular formula is C12H16BrNO3. The summed E-state index contributed by atoms with van der Waals surface area (Å²) >= 11 is 3.41. The van der Waals surface area contributed by atoms with Gasteiger partial charge in [-0.05, 0) is 18.2 Å². The molecule has 0 heterocycles. The Morgan fingerprint density at radius 2 is 2.18 bits per heavy atom. The summed E-state index contributed by atoms with van der Waals surface area (Å²) in [4.78, 5) is 10.9. The number of esters is 1. The van der Waals surface area contributed by atoms with E-state index < -0.39 is 0 Å². The van der Waals surface area contributed by atoms with E-state index in [1.165, 1.54) is 7.11 Å². The van der Waals surface area contributed by atoms with Crippen molar-refractivity contribution in [2.45, 2.75) is 13.0 Å². The number of rotatable bonds is 6. The zero-order chi connectivity index (χ0) is 12.7. The maximum absolute atomic E-state index is 10.9. The molecule has 0 spiro atoms. The van der Waals surface area contributed by atoms with E-state index in [2.05, 4.69) is 26.0 Å². The highest BCUT2D eigenvalue weighted by Gasteiger charge is 2.04. The SMILES string of the molecule is COC(=O)CCNCc1cc(Br)ccc1OC. The first-order valence-corrected chi connectivity index (χ1v) is 6.06. The van der Waals surface area contributed by atoms with Crippen LogP contribution in [0.25, 0.3) is 0 Å². The average molecular weight is 302 g/mol. The topological polar surface area (TPSA) is 47.6 Å². The van der Waals surface area contributed by atoms with Crippen molar-refractivity contribution in [3.8, 4) is 5.75 Å². The molecule has 17 heavy (non-hydrogen) atoms. The van der Waals surface area contributed by atoms with Crippen molar-refractivity contribution >= 4 is 21.9 Å². The summed E-state index contributed by atoms with van der Waals surface area (Å²) in [6.07, 6.45) is 0.368. The largest absolute Gasteiger partial charge is 0.496 e. The summed E-state index contributed by atoms with van der Waals surface area (Å²) in [6, 6.07) is 5.82. The van der Waals surface area contributed by atoms with Crippen molar-refractivity contribution in [2.24, 2.45) is 0 Å². The molecule has 0 atom stereocenters. The van der Waals surface area contributed by atoms with Crippen LogP contribution in [0.15, 0.2) is 22.7 Å². The molecule has 0 aromatic heterocycles. The molecule has 1 N–H and O–H groups in total. The molecule has 4 nitrogen and oxygen atoms in total.